The molecule has 0 N–H and O–H groups in total. The quantitative estimate of drug-likeness (QED) is 0.805. The highest BCUT2D eigenvalue weighted by molar-refractivity contribution is 5.96. The Labute approximate surface area is 130 Å². The highest BCUT2D eigenvalue weighted by atomic mass is 16.2. The second-order valence-electron chi connectivity index (χ2n) is 5.67. The molecule has 1 atom stereocenters. The third kappa shape index (κ3) is 3.44. The summed E-state index contributed by atoms with van der Waals surface area (Å²) < 4.78 is 0. The van der Waals surface area contributed by atoms with Gasteiger partial charge in [0.25, 0.3) is 0 Å². The van der Waals surface area contributed by atoms with Crippen molar-refractivity contribution in [3.05, 3.63) is 35.9 Å². The van der Waals surface area contributed by atoms with Crippen LogP contribution in [0.3, 0.4) is 0 Å². The lowest BCUT2D eigenvalue weighted by Crippen LogP contribution is -2.60. The van der Waals surface area contributed by atoms with Crippen molar-refractivity contribution in [3.63, 3.8) is 0 Å². The first-order valence-corrected chi connectivity index (χ1v) is 7.22. The SMILES string of the molecule is C[C@@H]1C(=O)N(Cc2ccccc2)CC(=O)N1CC(=O)N(C)C. The van der Waals surface area contributed by atoms with Gasteiger partial charge in [-0.25, -0.2) is 0 Å². The summed E-state index contributed by atoms with van der Waals surface area (Å²) in [6.45, 7) is 2.03. The second-order valence-corrected chi connectivity index (χ2v) is 5.67. The number of piperazine rings is 1. The van der Waals surface area contributed by atoms with Crippen molar-refractivity contribution in [2.45, 2.75) is 19.5 Å². The van der Waals surface area contributed by atoms with E-state index in [-0.39, 0.29) is 30.8 Å². The first-order valence-electron chi connectivity index (χ1n) is 7.22. The number of carbonyl (C=O) groups excluding carboxylic acids is 3. The number of carbonyl (C=O) groups is 3. The Hall–Kier alpha value is -2.37. The maximum Gasteiger partial charge on any atom is 0.245 e. The first kappa shape index (κ1) is 16.0. The number of hydrogen-bond donors (Lipinski definition) is 0. The van der Waals surface area contributed by atoms with E-state index in [0.29, 0.717) is 6.54 Å². The normalized spacial score (nSPS) is 18.6. The van der Waals surface area contributed by atoms with Crippen LogP contribution < -0.4 is 0 Å². The molecule has 22 heavy (non-hydrogen) atoms. The van der Waals surface area contributed by atoms with Gasteiger partial charge < -0.3 is 14.7 Å². The Morgan fingerprint density at radius 3 is 2.45 bits per heavy atom. The van der Waals surface area contributed by atoms with Crippen molar-refractivity contribution in [3.8, 4) is 0 Å². The molecule has 0 radical (unpaired) electrons. The van der Waals surface area contributed by atoms with Crippen LogP contribution in [0.5, 0.6) is 0 Å². The summed E-state index contributed by atoms with van der Waals surface area (Å²) in [6.07, 6.45) is 0. The van der Waals surface area contributed by atoms with E-state index in [9.17, 15) is 14.4 Å². The van der Waals surface area contributed by atoms with Crippen LogP contribution in [0.25, 0.3) is 0 Å². The zero-order valence-corrected chi connectivity index (χ0v) is 13.2. The molecule has 3 amide bonds. The average Bonchev–Trinajstić information content (AvgIpc) is 2.49. The van der Waals surface area contributed by atoms with Crippen molar-refractivity contribution in [1.29, 1.82) is 0 Å². The summed E-state index contributed by atoms with van der Waals surface area (Å²) in [5.41, 5.74) is 0.980. The summed E-state index contributed by atoms with van der Waals surface area (Å²) in [4.78, 5) is 40.8. The van der Waals surface area contributed by atoms with Crippen molar-refractivity contribution in [2.24, 2.45) is 0 Å². The third-order valence-electron chi connectivity index (χ3n) is 3.80. The highest BCUT2D eigenvalue weighted by Crippen LogP contribution is 2.15. The van der Waals surface area contributed by atoms with E-state index in [1.54, 1.807) is 25.9 Å². The lowest BCUT2D eigenvalue weighted by Gasteiger charge is -2.38. The Morgan fingerprint density at radius 2 is 1.86 bits per heavy atom. The van der Waals surface area contributed by atoms with Gasteiger partial charge in [-0.15, -0.1) is 0 Å². The van der Waals surface area contributed by atoms with Crippen LogP contribution in [0.1, 0.15) is 12.5 Å². The molecule has 1 aliphatic rings. The van der Waals surface area contributed by atoms with Gasteiger partial charge in [0.2, 0.25) is 17.7 Å². The number of nitrogens with zero attached hydrogens (tertiary/aromatic N) is 3. The standard InChI is InChI=1S/C16H21N3O3/c1-12-16(22)18(9-13-7-5-4-6-8-13)10-15(21)19(12)11-14(20)17(2)3/h4-8,12H,9-11H2,1-3H3/t12-/m1/s1. The van der Waals surface area contributed by atoms with Crippen LogP contribution in [0.4, 0.5) is 0 Å². The summed E-state index contributed by atoms with van der Waals surface area (Å²) in [5.74, 6) is -0.516. The fourth-order valence-corrected chi connectivity index (χ4v) is 2.40. The summed E-state index contributed by atoms with van der Waals surface area (Å²) in [5, 5.41) is 0. The van der Waals surface area contributed by atoms with E-state index in [0.717, 1.165) is 5.56 Å². The Kier molecular flexibility index (Phi) is 4.80. The molecule has 118 valence electrons. The fourth-order valence-electron chi connectivity index (χ4n) is 2.40. The summed E-state index contributed by atoms with van der Waals surface area (Å²) in [6, 6.07) is 8.93. The summed E-state index contributed by atoms with van der Waals surface area (Å²) >= 11 is 0. The number of hydrogen-bond acceptors (Lipinski definition) is 3. The van der Waals surface area contributed by atoms with Crippen LogP contribution in [-0.2, 0) is 20.9 Å². The molecule has 1 aliphatic heterocycles. The molecule has 6 heteroatoms. The Balaban J connectivity index is 2.07. The van der Waals surface area contributed by atoms with Crippen LogP contribution in [-0.4, -0.2) is 65.6 Å². The predicted molar refractivity (Wildman–Crippen MR) is 81.7 cm³/mol. The molecule has 0 bridgehead atoms. The van der Waals surface area contributed by atoms with Gasteiger partial charge in [-0.3, -0.25) is 14.4 Å². The fraction of sp³-hybridized carbons (Fsp3) is 0.438. The van der Waals surface area contributed by atoms with Gasteiger partial charge in [-0.2, -0.15) is 0 Å². The van der Waals surface area contributed by atoms with Crippen molar-refractivity contribution < 1.29 is 14.4 Å². The number of likely N-dealkylation sites (N-methyl/N-ethyl adjacent to an activating group) is 1. The molecule has 0 spiro atoms. The minimum absolute atomic E-state index is 0.0127. The van der Waals surface area contributed by atoms with Crippen molar-refractivity contribution in [1.82, 2.24) is 14.7 Å². The van der Waals surface area contributed by atoms with Gasteiger partial charge in [-0.1, -0.05) is 30.3 Å². The van der Waals surface area contributed by atoms with E-state index in [2.05, 4.69) is 0 Å². The molecule has 0 aliphatic carbocycles. The van der Waals surface area contributed by atoms with Crippen LogP contribution >= 0.6 is 0 Å². The molecular formula is C16H21N3O3. The lowest BCUT2D eigenvalue weighted by molar-refractivity contribution is -0.157. The largest absolute Gasteiger partial charge is 0.347 e. The Morgan fingerprint density at radius 1 is 1.23 bits per heavy atom. The van der Waals surface area contributed by atoms with Gasteiger partial charge in [0, 0.05) is 20.6 Å². The molecule has 1 saturated heterocycles. The molecule has 1 aromatic rings. The molecule has 6 nitrogen and oxygen atoms in total. The van der Waals surface area contributed by atoms with Crippen molar-refractivity contribution >= 4 is 17.7 Å². The van der Waals surface area contributed by atoms with E-state index in [1.165, 1.54) is 9.80 Å². The van der Waals surface area contributed by atoms with E-state index >= 15 is 0 Å². The number of rotatable bonds is 4. The van der Waals surface area contributed by atoms with Gasteiger partial charge in [0.05, 0.1) is 0 Å². The van der Waals surface area contributed by atoms with Crippen LogP contribution in [0, 0.1) is 0 Å². The van der Waals surface area contributed by atoms with Crippen LogP contribution in [0.2, 0.25) is 0 Å². The molecular weight excluding hydrogens is 282 g/mol. The van der Waals surface area contributed by atoms with Crippen molar-refractivity contribution in [2.75, 3.05) is 27.2 Å². The van der Waals surface area contributed by atoms with Gasteiger partial charge in [0.15, 0.2) is 0 Å². The maximum atomic E-state index is 12.4. The van der Waals surface area contributed by atoms with E-state index < -0.39 is 6.04 Å². The van der Waals surface area contributed by atoms with Gasteiger partial charge in [0.1, 0.15) is 19.1 Å². The number of amides is 3. The zero-order chi connectivity index (χ0) is 16.3. The second kappa shape index (κ2) is 6.60. The van der Waals surface area contributed by atoms with E-state index in [4.69, 9.17) is 0 Å². The minimum Gasteiger partial charge on any atom is -0.347 e. The summed E-state index contributed by atoms with van der Waals surface area (Å²) in [7, 11) is 3.26. The number of benzene rings is 1. The highest BCUT2D eigenvalue weighted by Gasteiger charge is 2.37. The molecule has 1 heterocycles. The average molecular weight is 303 g/mol. The Bertz CT molecular complexity index is 571. The maximum absolute atomic E-state index is 12.4. The van der Waals surface area contributed by atoms with Gasteiger partial charge in [-0.05, 0) is 12.5 Å². The van der Waals surface area contributed by atoms with Gasteiger partial charge >= 0.3 is 0 Å². The third-order valence-corrected chi connectivity index (χ3v) is 3.80. The zero-order valence-electron chi connectivity index (χ0n) is 13.2. The molecule has 1 fully saturated rings. The molecule has 0 unspecified atom stereocenters. The molecule has 1 aromatic carbocycles. The first-order chi connectivity index (χ1) is 10.4. The lowest BCUT2D eigenvalue weighted by atomic mass is 10.1. The molecule has 0 saturated carbocycles. The topological polar surface area (TPSA) is 60.9 Å². The predicted octanol–water partition coefficient (Wildman–Crippen LogP) is 0.334. The monoisotopic (exact) mass is 303 g/mol. The van der Waals surface area contributed by atoms with Crippen LogP contribution in [0.15, 0.2) is 30.3 Å². The minimum atomic E-state index is -0.617. The van der Waals surface area contributed by atoms with E-state index in [1.807, 2.05) is 30.3 Å². The smallest absolute Gasteiger partial charge is 0.245 e. The molecule has 2 rings (SSSR count). The molecule has 0 aromatic heterocycles.